The summed E-state index contributed by atoms with van der Waals surface area (Å²) in [6.07, 6.45) is 3.46. The number of amides is 1. The van der Waals surface area contributed by atoms with Gasteiger partial charge >= 0.3 is 11.9 Å². The highest BCUT2D eigenvalue weighted by Crippen LogP contribution is 2.32. The van der Waals surface area contributed by atoms with E-state index in [1.165, 1.54) is 14.2 Å². The lowest BCUT2D eigenvalue weighted by Crippen LogP contribution is -2.33. The number of ether oxygens (including phenoxy) is 3. The van der Waals surface area contributed by atoms with Gasteiger partial charge in [0.25, 0.3) is 5.91 Å². The van der Waals surface area contributed by atoms with Crippen molar-refractivity contribution < 1.29 is 28.6 Å². The summed E-state index contributed by atoms with van der Waals surface area (Å²) in [5.74, 6) is -1.26. The lowest BCUT2D eigenvalue weighted by molar-refractivity contribution is -0.136. The van der Waals surface area contributed by atoms with Crippen molar-refractivity contribution in [1.82, 2.24) is 4.90 Å². The Bertz CT molecular complexity index is 846. The van der Waals surface area contributed by atoms with E-state index in [9.17, 15) is 14.4 Å². The summed E-state index contributed by atoms with van der Waals surface area (Å²) < 4.78 is 15.2. The number of hydrogen-bond donors (Lipinski definition) is 0. The first-order chi connectivity index (χ1) is 13.5. The maximum absolute atomic E-state index is 13.0. The Hall–Kier alpha value is -2.93. The van der Waals surface area contributed by atoms with Crippen LogP contribution in [-0.2, 0) is 23.8 Å². The number of rotatable bonds is 5. The monoisotopic (exact) mass is 385 g/mol. The molecular weight excluding hydrogens is 362 g/mol. The van der Waals surface area contributed by atoms with Crippen molar-refractivity contribution in [3.63, 3.8) is 0 Å². The van der Waals surface area contributed by atoms with Crippen molar-refractivity contribution in [3.8, 4) is 0 Å². The van der Waals surface area contributed by atoms with Gasteiger partial charge in [-0.25, -0.2) is 9.59 Å². The van der Waals surface area contributed by atoms with Gasteiger partial charge in [-0.1, -0.05) is 12.1 Å². The van der Waals surface area contributed by atoms with Crippen molar-refractivity contribution >= 4 is 23.9 Å². The second-order valence-corrected chi connectivity index (χ2v) is 6.67. The Morgan fingerprint density at radius 2 is 1.86 bits per heavy atom. The Balaban J connectivity index is 1.93. The SMILES string of the molecule is COC(=O)C1=C(C)N(C[C@H]2CCCO2)C(=O)/C1=C\c1ccc(C(=O)OC)cc1. The molecule has 1 saturated heterocycles. The van der Waals surface area contributed by atoms with E-state index in [1.54, 1.807) is 42.2 Å². The van der Waals surface area contributed by atoms with E-state index in [1.807, 2.05) is 0 Å². The third-order valence-corrected chi connectivity index (χ3v) is 4.95. The van der Waals surface area contributed by atoms with Gasteiger partial charge in [0, 0.05) is 12.3 Å². The molecule has 7 nitrogen and oxygen atoms in total. The van der Waals surface area contributed by atoms with Gasteiger partial charge in [-0.15, -0.1) is 0 Å². The average Bonchev–Trinajstić information content (AvgIpc) is 3.30. The lowest BCUT2D eigenvalue weighted by atomic mass is 10.0. The van der Waals surface area contributed by atoms with Gasteiger partial charge in [0.1, 0.15) is 0 Å². The van der Waals surface area contributed by atoms with Crippen LogP contribution in [0, 0.1) is 0 Å². The molecule has 0 bridgehead atoms. The van der Waals surface area contributed by atoms with Crippen LogP contribution in [0.4, 0.5) is 0 Å². The Kier molecular flexibility index (Phi) is 5.94. The molecule has 0 radical (unpaired) electrons. The zero-order valence-corrected chi connectivity index (χ0v) is 16.2. The van der Waals surface area contributed by atoms with Crippen molar-refractivity contribution in [2.45, 2.75) is 25.9 Å². The number of carbonyl (C=O) groups excluding carboxylic acids is 3. The highest BCUT2D eigenvalue weighted by Gasteiger charge is 2.38. The second kappa shape index (κ2) is 8.39. The molecule has 1 atom stereocenters. The summed E-state index contributed by atoms with van der Waals surface area (Å²) in [7, 11) is 2.60. The normalized spacial score (nSPS) is 20.8. The minimum atomic E-state index is -0.557. The van der Waals surface area contributed by atoms with Crippen LogP contribution in [-0.4, -0.2) is 56.2 Å². The minimum Gasteiger partial charge on any atom is -0.465 e. The molecule has 1 aromatic rings. The van der Waals surface area contributed by atoms with Gasteiger partial charge < -0.3 is 19.1 Å². The number of benzene rings is 1. The molecule has 0 spiro atoms. The summed E-state index contributed by atoms with van der Waals surface area (Å²) in [4.78, 5) is 38.5. The third-order valence-electron chi connectivity index (χ3n) is 4.95. The van der Waals surface area contributed by atoms with Crippen LogP contribution < -0.4 is 0 Å². The van der Waals surface area contributed by atoms with Crippen LogP contribution in [0.3, 0.4) is 0 Å². The molecule has 0 saturated carbocycles. The Labute approximate surface area is 163 Å². The van der Waals surface area contributed by atoms with E-state index in [2.05, 4.69) is 4.74 Å². The fraction of sp³-hybridized carbons (Fsp3) is 0.381. The first-order valence-corrected chi connectivity index (χ1v) is 9.09. The van der Waals surface area contributed by atoms with Crippen LogP contribution in [0.1, 0.15) is 35.7 Å². The van der Waals surface area contributed by atoms with Gasteiger partial charge in [-0.3, -0.25) is 4.79 Å². The van der Waals surface area contributed by atoms with Crippen LogP contribution in [0.2, 0.25) is 0 Å². The average molecular weight is 385 g/mol. The first-order valence-electron chi connectivity index (χ1n) is 9.09. The fourth-order valence-electron chi connectivity index (χ4n) is 3.44. The lowest BCUT2D eigenvalue weighted by Gasteiger charge is -2.21. The molecule has 2 aliphatic heterocycles. The number of nitrogens with zero attached hydrogens (tertiary/aromatic N) is 1. The summed E-state index contributed by atoms with van der Waals surface area (Å²) >= 11 is 0. The summed E-state index contributed by atoms with van der Waals surface area (Å²) in [5, 5.41) is 0. The standard InChI is InChI=1S/C21H23NO6/c1-13-18(21(25)27-3)17(19(23)22(13)12-16-5-4-10-28-16)11-14-6-8-15(9-7-14)20(24)26-2/h6-9,11,16H,4-5,10,12H2,1-3H3/b17-11-/t16-/m1/s1. The number of hydrogen-bond acceptors (Lipinski definition) is 6. The van der Waals surface area contributed by atoms with Gasteiger partial charge in [0.05, 0.1) is 43.6 Å². The van der Waals surface area contributed by atoms with Gasteiger partial charge in [-0.05, 0) is 43.5 Å². The Morgan fingerprint density at radius 3 is 2.43 bits per heavy atom. The van der Waals surface area contributed by atoms with Crippen molar-refractivity contribution in [1.29, 1.82) is 0 Å². The zero-order chi connectivity index (χ0) is 20.3. The second-order valence-electron chi connectivity index (χ2n) is 6.67. The third kappa shape index (κ3) is 3.84. The van der Waals surface area contributed by atoms with Gasteiger partial charge in [0.2, 0.25) is 0 Å². The topological polar surface area (TPSA) is 82.1 Å². The highest BCUT2D eigenvalue weighted by molar-refractivity contribution is 6.16. The van der Waals surface area contributed by atoms with Gasteiger partial charge in [0.15, 0.2) is 0 Å². The predicted molar refractivity (Wildman–Crippen MR) is 101 cm³/mol. The highest BCUT2D eigenvalue weighted by atomic mass is 16.5. The van der Waals surface area contributed by atoms with Crippen LogP contribution in [0.15, 0.2) is 41.1 Å². The smallest absolute Gasteiger partial charge is 0.340 e. The number of allylic oxidation sites excluding steroid dienone is 1. The largest absolute Gasteiger partial charge is 0.465 e. The maximum atomic E-state index is 13.0. The molecule has 2 aliphatic rings. The molecular formula is C21H23NO6. The molecule has 2 heterocycles. The molecule has 0 N–H and O–H groups in total. The van der Waals surface area contributed by atoms with Crippen LogP contribution in [0.5, 0.6) is 0 Å². The molecule has 28 heavy (non-hydrogen) atoms. The van der Waals surface area contributed by atoms with Crippen LogP contribution in [0.25, 0.3) is 6.08 Å². The van der Waals surface area contributed by atoms with E-state index in [4.69, 9.17) is 9.47 Å². The van der Waals surface area contributed by atoms with E-state index in [0.29, 0.717) is 30.0 Å². The molecule has 0 unspecified atom stereocenters. The maximum Gasteiger partial charge on any atom is 0.340 e. The number of carbonyl (C=O) groups is 3. The summed E-state index contributed by atoms with van der Waals surface area (Å²) in [5.41, 5.74) is 2.17. The fourth-order valence-corrected chi connectivity index (χ4v) is 3.44. The molecule has 1 fully saturated rings. The van der Waals surface area contributed by atoms with Crippen molar-refractivity contribution in [3.05, 3.63) is 52.2 Å². The quantitative estimate of drug-likeness (QED) is 0.572. The predicted octanol–water partition coefficient (Wildman–Crippen LogP) is 2.32. The molecule has 7 heteroatoms. The van der Waals surface area contributed by atoms with E-state index in [0.717, 1.165) is 12.8 Å². The van der Waals surface area contributed by atoms with E-state index >= 15 is 0 Å². The Morgan fingerprint density at radius 1 is 1.18 bits per heavy atom. The molecule has 148 valence electrons. The molecule has 1 amide bonds. The number of methoxy groups -OCH3 is 2. The van der Waals surface area contributed by atoms with E-state index in [-0.39, 0.29) is 23.2 Å². The van der Waals surface area contributed by atoms with E-state index < -0.39 is 11.9 Å². The molecule has 0 aromatic heterocycles. The zero-order valence-electron chi connectivity index (χ0n) is 16.2. The van der Waals surface area contributed by atoms with Crippen molar-refractivity contribution in [2.75, 3.05) is 27.4 Å². The number of esters is 2. The summed E-state index contributed by atoms with van der Waals surface area (Å²) in [6.45, 7) is 2.83. The molecule has 1 aromatic carbocycles. The first kappa shape index (κ1) is 19.8. The van der Waals surface area contributed by atoms with Crippen molar-refractivity contribution in [2.24, 2.45) is 0 Å². The van der Waals surface area contributed by atoms with Gasteiger partial charge in [-0.2, -0.15) is 0 Å². The van der Waals surface area contributed by atoms with Crippen LogP contribution >= 0.6 is 0 Å². The summed E-state index contributed by atoms with van der Waals surface area (Å²) in [6, 6.07) is 6.60. The minimum absolute atomic E-state index is 0.0310. The molecule has 0 aliphatic carbocycles. The molecule has 3 rings (SSSR count).